The van der Waals surface area contributed by atoms with E-state index >= 15 is 0 Å². The Morgan fingerprint density at radius 1 is 1.11 bits per heavy atom. The Morgan fingerprint density at radius 2 is 1.87 bits per heavy atom. The summed E-state index contributed by atoms with van der Waals surface area (Å²) >= 11 is 1.16. The summed E-state index contributed by atoms with van der Waals surface area (Å²) in [6.45, 7) is 1.82. The lowest BCUT2D eigenvalue weighted by Crippen LogP contribution is -2.48. The Kier molecular flexibility index (Phi) is 7.42. The molecule has 2 N–H and O–H groups in total. The van der Waals surface area contributed by atoms with E-state index in [-0.39, 0.29) is 29.2 Å². The number of nitrogens with zero attached hydrogens (tertiary/aromatic N) is 4. The van der Waals surface area contributed by atoms with Crippen LogP contribution in [0.15, 0.2) is 58.9 Å². The van der Waals surface area contributed by atoms with E-state index in [4.69, 9.17) is 4.74 Å². The molecule has 0 atom stereocenters. The first-order valence-corrected chi connectivity index (χ1v) is 13.1. The number of rotatable bonds is 6. The molecule has 14 heteroatoms. The van der Waals surface area contributed by atoms with E-state index in [0.717, 1.165) is 10.9 Å². The van der Waals surface area contributed by atoms with Gasteiger partial charge in [0, 0.05) is 47.5 Å². The molecule has 9 nitrogen and oxygen atoms in total. The second kappa shape index (κ2) is 10.9. The van der Waals surface area contributed by atoms with Crippen molar-refractivity contribution in [2.24, 2.45) is 0 Å². The summed E-state index contributed by atoms with van der Waals surface area (Å²) in [5.41, 5.74) is -1.93. The van der Waals surface area contributed by atoms with Crippen LogP contribution in [0.2, 0.25) is 0 Å². The molecule has 0 spiro atoms. The van der Waals surface area contributed by atoms with Gasteiger partial charge in [-0.3, -0.25) is 9.89 Å². The molecule has 0 aliphatic carbocycles. The van der Waals surface area contributed by atoms with Crippen LogP contribution < -0.4 is 10.2 Å². The van der Waals surface area contributed by atoms with Crippen molar-refractivity contribution in [3.8, 4) is 0 Å². The summed E-state index contributed by atoms with van der Waals surface area (Å²) < 4.78 is 42.7. The fourth-order valence-corrected chi connectivity index (χ4v) is 5.23. The second-order valence-corrected chi connectivity index (χ2v) is 10.3. The summed E-state index contributed by atoms with van der Waals surface area (Å²) in [7, 11) is 0. The minimum atomic E-state index is -4.35. The van der Waals surface area contributed by atoms with Crippen LogP contribution in [-0.4, -0.2) is 63.8 Å². The summed E-state index contributed by atoms with van der Waals surface area (Å²) in [5.74, 6) is -0.317. The maximum atomic E-state index is 12.7. The number of benzene rings is 2. The number of amides is 2. The lowest BCUT2D eigenvalue weighted by Gasteiger charge is -2.33. The van der Waals surface area contributed by atoms with Crippen molar-refractivity contribution in [3.05, 3.63) is 65.3 Å². The molecular weight excluding hydrogens is 541 g/mol. The molecule has 198 valence electrons. The number of carbonyl (C=O) groups excluding carboxylic acids is 2. The first-order valence-electron chi connectivity index (χ1n) is 11.4. The Labute approximate surface area is 223 Å². The van der Waals surface area contributed by atoms with Gasteiger partial charge in [-0.1, -0.05) is 12.1 Å². The molecule has 1 saturated heterocycles. The fourth-order valence-electron chi connectivity index (χ4n) is 3.83. The summed E-state index contributed by atoms with van der Waals surface area (Å²) in [6, 6.07) is 11.1. The van der Waals surface area contributed by atoms with Gasteiger partial charge in [0.05, 0.1) is 11.7 Å². The number of carbonyl (C=O) groups is 2. The van der Waals surface area contributed by atoms with Crippen molar-refractivity contribution in [1.82, 2.24) is 20.1 Å². The van der Waals surface area contributed by atoms with Gasteiger partial charge in [0.1, 0.15) is 12.3 Å². The van der Waals surface area contributed by atoms with Gasteiger partial charge in [0.2, 0.25) is 0 Å². The van der Waals surface area contributed by atoms with Crippen molar-refractivity contribution >= 4 is 56.8 Å². The summed E-state index contributed by atoms with van der Waals surface area (Å²) in [6.07, 6.45) is 1.19. The number of thioether (sulfide) groups is 1. The standard InChI is InChI=1S/C24H21F3N6O3S2/c25-24(26,27)38-18-4-1-15(2-5-18)13-36-23(35)33-9-7-32(8-10-33)22-30-20(14-37-22)21(34)29-17-3-6-19-16(11-17)12-28-31-19/h1-6,11-12,14H,7-10,13H2,(H,28,31)(H,29,34). The van der Waals surface area contributed by atoms with Crippen LogP contribution in [0.25, 0.3) is 10.9 Å². The first-order chi connectivity index (χ1) is 18.2. The first kappa shape index (κ1) is 25.9. The molecule has 0 bridgehead atoms. The molecule has 1 aliphatic rings. The monoisotopic (exact) mass is 562 g/mol. The van der Waals surface area contributed by atoms with E-state index in [2.05, 4.69) is 20.5 Å². The van der Waals surface area contributed by atoms with Gasteiger partial charge in [-0.2, -0.15) is 18.3 Å². The number of piperazine rings is 1. The third-order valence-electron chi connectivity index (χ3n) is 5.75. The van der Waals surface area contributed by atoms with Crippen molar-refractivity contribution in [2.45, 2.75) is 17.0 Å². The Balaban J connectivity index is 1.09. The SMILES string of the molecule is O=C(Nc1ccc2[nH]ncc2c1)c1csc(N2CCN(C(=O)OCc3ccc(SC(F)(F)F)cc3)CC2)n1. The third-order valence-corrected chi connectivity index (χ3v) is 7.39. The van der Waals surface area contributed by atoms with Crippen LogP contribution in [0, 0.1) is 0 Å². The van der Waals surface area contributed by atoms with Crippen LogP contribution in [0.4, 0.5) is 28.8 Å². The van der Waals surface area contributed by atoms with Gasteiger partial charge in [0.25, 0.3) is 5.91 Å². The number of hydrogen-bond acceptors (Lipinski definition) is 8. The highest BCUT2D eigenvalue weighted by molar-refractivity contribution is 8.00. The Bertz CT molecular complexity index is 1430. The van der Waals surface area contributed by atoms with Crippen molar-refractivity contribution in [3.63, 3.8) is 0 Å². The topological polar surface area (TPSA) is 103 Å². The van der Waals surface area contributed by atoms with Crippen molar-refractivity contribution in [1.29, 1.82) is 0 Å². The Morgan fingerprint density at radius 3 is 2.61 bits per heavy atom. The van der Waals surface area contributed by atoms with Gasteiger partial charge >= 0.3 is 11.6 Å². The zero-order valence-electron chi connectivity index (χ0n) is 19.7. The summed E-state index contributed by atoms with van der Waals surface area (Å²) in [5, 5.41) is 12.9. The number of aromatic nitrogens is 3. The van der Waals surface area contributed by atoms with Crippen molar-refractivity contribution in [2.75, 3.05) is 36.4 Å². The smallest absolute Gasteiger partial charge is 0.445 e. The number of anilines is 2. The van der Waals surface area contributed by atoms with Crippen molar-refractivity contribution < 1.29 is 27.5 Å². The molecule has 38 heavy (non-hydrogen) atoms. The van der Waals surface area contributed by atoms with Crippen LogP contribution in [-0.2, 0) is 11.3 Å². The molecule has 2 aromatic heterocycles. The number of H-pyrrole nitrogens is 1. The molecule has 2 amide bonds. The predicted octanol–water partition coefficient (Wildman–Crippen LogP) is 5.34. The fraction of sp³-hybridized carbons (Fsp3) is 0.250. The predicted molar refractivity (Wildman–Crippen MR) is 138 cm³/mol. The third kappa shape index (κ3) is 6.37. The molecule has 1 aliphatic heterocycles. The molecule has 2 aromatic carbocycles. The number of nitrogens with one attached hydrogen (secondary N) is 2. The van der Waals surface area contributed by atoms with Crippen LogP contribution in [0.5, 0.6) is 0 Å². The normalized spacial score (nSPS) is 14.1. The number of aromatic amines is 1. The zero-order valence-corrected chi connectivity index (χ0v) is 21.3. The average Bonchev–Trinajstić information content (AvgIpc) is 3.57. The van der Waals surface area contributed by atoms with Gasteiger partial charge in [0.15, 0.2) is 5.13 Å². The quantitative estimate of drug-likeness (QED) is 0.306. The molecule has 3 heterocycles. The number of hydrogen-bond donors (Lipinski definition) is 2. The maximum Gasteiger partial charge on any atom is 0.446 e. The molecular formula is C24H21F3N6O3S2. The highest BCUT2D eigenvalue weighted by Crippen LogP contribution is 2.36. The van der Waals surface area contributed by atoms with Gasteiger partial charge < -0.3 is 19.9 Å². The lowest BCUT2D eigenvalue weighted by atomic mass is 10.2. The zero-order chi connectivity index (χ0) is 26.7. The van der Waals surface area contributed by atoms with E-state index in [1.807, 2.05) is 17.0 Å². The molecule has 0 radical (unpaired) electrons. The van der Waals surface area contributed by atoms with Gasteiger partial charge in [-0.25, -0.2) is 9.78 Å². The number of alkyl halides is 3. The highest BCUT2D eigenvalue weighted by atomic mass is 32.2. The minimum absolute atomic E-state index is 0.0332. The Hall–Kier alpha value is -3.78. The molecule has 1 fully saturated rings. The van der Waals surface area contributed by atoms with Crippen LogP contribution in [0.3, 0.4) is 0 Å². The summed E-state index contributed by atoms with van der Waals surface area (Å²) in [4.78, 5) is 33.2. The largest absolute Gasteiger partial charge is 0.446 e. The lowest BCUT2D eigenvalue weighted by molar-refractivity contribution is -0.0328. The molecule has 0 unspecified atom stereocenters. The van der Waals surface area contributed by atoms with E-state index < -0.39 is 11.6 Å². The molecule has 4 aromatic rings. The molecule has 0 saturated carbocycles. The van der Waals surface area contributed by atoms with Gasteiger partial charge in [-0.05, 0) is 47.7 Å². The van der Waals surface area contributed by atoms with E-state index in [9.17, 15) is 22.8 Å². The minimum Gasteiger partial charge on any atom is -0.445 e. The van der Waals surface area contributed by atoms with E-state index in [1.165, 1.54) is 35.6 Å². The van der Waals surface area contributed by atoms with E-state index in [1.54, 1.807) is 22.5 Å². The second-order valence-electron chi connectivity index (χ2n) is 8.36. The average molecular weight is 563 g/mol. The number of thiazole rings is 1. The van der Waals surface area contributed by atoms with Crippen LogP contribution in [0.1, 0.15) is 16.1 Å². The van der Waals surface area contributed by atoms with Crippen LogP contribution >= 0.6 is 23.1 Å². The van der Waals surface area contributed by atoms with E-state index in [0.29, 0.717) is 48.3 Å². The molecule has 5 rings (SSSR count). The maximum absolute atomic E-state index is 12.7. The highest BCUT2D eigenvalue weighted by Gasteiger charge is 2.29. The number of halogens is 3. The van der Waals surface area contributed by atoms with Gasteiger partial charge in [-0.15, -0.1) is 11.3 Å². The number of fused-ring (bicyclic) bond motifs is 1. The number of ether oxygens (including phenoxy) is 1.